The highest BCUT2D eigenvalue weighted by Gasteiger charge is 2.23. The smallest absolute Gasteiger partial charge is 0.339 e. The highest BCUT2D eigenvalue weighted by Crippen LogP contribution is 2.26. The Labute approximate surface area is 77.3 Å². The van der Waals surface area contributed by atoms with Gasteiger partial charge in [-0.05, 0) is 0 Å². The van der Waals surface area contributed by atoms with Gasteiger partial charge >= 0.3 is 5.97 Å². The molecule has 0 aliphatic rings. The number of pyridine rings is 1. The highest BCUT2D eigenvalue weighted by molar-refractivity contribution is 5.95. The molecule has 1 heterocycles. The minimum absolute atomic E-state index is 0.234. The van der Waals surface area contributed by atoms with Crippen LogP contribution < -0.4 is 11.5 Å². The molecule has 14 heavy (non-hydrogen) atoms. The number of hydrogen-bond acceptors (Lipinski definition) is 4. The first-order valence-corrected chi connectivity index (χ1v) is 3.50. The van der Waals surface area contributed by atoms with Crippen molar-refractivity contribution in [3.05, 3.63) is 17.3 Å². The number of alkyl halides is 2. The molecule has 0 unspecified atom stereocenters. The standard InChI is InChI=1S/C7H7F2N3O2/c8-6(9)5-4(7(13)14)2(10)1-3(11)12-5/h1,6H,(H,13,14)(H4,10,11,12). The minimum atomic E-state index is -3.02. The van der Waals surface area contributed by atoms with Crippen molar-refractivity contribution in [2.75, 3.05) is 11.5 Å². The van der Waals surface area contributed by atoms with Gasteiger partial charge in [0.25, 0.3) is 6.43 Å². The van der Waals surface area contributed by atoms with E-state index in [2.05, 4.69) is 4.98 Å². The molecule has 1 rings (SSSR count). The van der Waals surface area contributed by atoms with Crippen molar-refractivity contribution < 1.29 is 18.7 Å². The van der Waals surface area contributed by atoms with E-state index in [9.17, 15) is 13.6 Å². The fourth-order valence-electron chi connectivity index (χ4n) is 0.998. The molecule has 5 nitrogen and oxygen atoms in total. The molecule has 0 atom stereocenters. The zero-order valence-corrected chi connectivity index (χ0v) is 6.87. The zero-order valence-electron chi connectivity index (χ0n) is 6.87. The second-order valence-electron chi connectivity index (χ2n) is 2.50. The Morgan fingerprint density at radius 1 is 1.50 bits per heavy atom. The Balaban J connectivity index is 3.44. The lowest BCUT2D eigenvalue weighted by Gasteiger charge is -2.07. The molecular weight excluding hydrogens is 196 g/mol. The molecule has 0 spiro atoms. The van der Waals surface area contributed by atoms with Crippen LogP contribution in [0.5, 0.6) is 0 Å². The molecule has 0 saturated heterocycles. The van der Waals surface area contributed by atoms with Crippen LogP contribution in [0, 0.1) is 0 Å². The van der Waals surface area contributed by atoms with E-state index >= 15 is 0 Å². The molecule has 0 aromatic carbocycles. The molecule has 76 valence electrons. The van der Waals surface area contributed by atoms with Gasteiger partial charge < -0.3 is 16.6 Å². The fraction of sp³-hybridized carbons (Fsp3) is 0.143. The summed E-state index contributed by atoms with van der Waals surface area (Å²) in [6.45, 7) is 0. The van der Waals surface area contributed by atoms with Gasteiger partial charge in [0.05, 0.1) is 5.69 Å². The number of carbonyl (C=O) groups is 1. The SMILES string of the molecule is Nc1cc(N)c(C(=O)O)c(C(F)F)n1. The average Bonchev–Trinajstić information content (AvgIpc) is 2.01. The molecule has 0 radical (unpaired) electrons. The van der Waals surface area contributed by atoms with E-state index in [1.54, 1.807) is 0 Å². The molecule has 0 amide bonds. The molecule has 0 aliphatic heterocycles. The maximum Gasteiger partial charge on any atom is 0.339 e. The minimum Gasteiger partial charge on any atom is -0.478 e. The van der Waals surface area contributed by atoms with Crippen molar-refractivity contribution in [3.63, 3.8) is 0 Å². The van der Waals surface area contributed by atoms with Gasteiger partial charge in [-0.3, -0.25) is 0 Å². The normalized spacial score (nSPS) is 10.5. The number of hydrogen-bond donors (Lipinski definition) is 3. The van der Waals surface area contributed by atoms with Crippen molar-refractivity contribution in [1.82, 2.24) is 4.98 Å². The molecular formula is C7H7F2N3O2. The predicted molar refractivity (Wildman–Crippen MR) is 45.0 cm³/mol. The van der Waals surface area contributed by atoms with E-state index in [1.807, 2.05) is 0 Å². The molecule has 7 heteroatoms. The summed E-state index contributed by atoms with van der Waals surface area (Å²) in [7, 11) is 0. The number of halogens is 2. The molecule has 1 aromatic rings. The van der Waals surface area contributed by atoms with Crippen LogP contribution in [0.2, 0.25) is 0 Å². The number of aromatic nitrogens is 1. The summed E-state index contributed by atoms with van der Waals surface area (Å²) in [5, 5.41) is 8.59. The van der Waals surface area contributed by atoms with Crippen molar-refractivity contribution >= 4 is 17.5 Å². The molecule has 0 fully saturated rings. The summed E-state index contributed by atoms with van der Waals surface area (Å²) in [5.74, 6) is -1.78. The van der Waals surface area contributed by atoms with E-state index in [-0.39, 0.29) is 11.5 Å². The topological polar surface area (TPSA) is 102 Å². The summed E-state index contributed by atoms with van der Waals surface area (Å²) in [4.78, 5) is 13.8. The summed E-state index contributed by atoms with van der Waals surface area (Å²) < 4.78 is 24.6. The summed E-state index contributed by atoms with van der Waals surface area (Å²) in [6, 6.07) is 1.02. The van der Waals surface area contributed by atoms with Crippen molar-refractivity contribution in [2.45, 2.75) is 6.43 Å². The Morgan fingerprint density at radius 3 is 2.50 bits per heavy atom. The molecule has 0 aliphatic carbocycles. The zero-order chi connectivity index (χ0) is 10.9. The van der Waals surface area contributed by atoms with Crippen molar-refractivity contribution in [2.24, 2.45) is 0 Å². The largest absolute Gasteiger partial charge is 0.478 e. The third kappa shape index (κ3) is 1.70. The second kappa shape index (κ2) is 3.44. The molecule has 1 aromatic heterocycles. The van der Waals surface area contributed by atoms with Gasteiger partial charge in [0.2, 0.25) is 0 Å². The number of aromatic carboxylic acids is 1. The number of nitrogen functional groups attached to an aromatic ring is 2. The highest BCUT2D eigenvalue weighted by atomic mass is 19.3. The van der Waals surface area contributed by atoms with Gasteiger partial charge in [-0.15, -0.1) is 0 Å². The van der Waals surface area contributed by atoms with Crippen molar-refractivity contribution in [3.8, 4) is 0 Å². The number of nitrogens with zero attached hydrogens (tertiary/aromatic N) is 1. The van der Waals surface area contributed by atoms with Crippen LogP contribution in [0.15, 0.2) is 6.07 Å². The van der Waals surface area contributed by atoms with Crippen LogP contribution in [0.3, 0.4) is 0 Å². The molecule has 0 bridgehead atoms. The van der Waals surface area contributed by atoms with E-state index in [0.29, 0.717) is 0 Å². The number of carboxylic acid groups (broad SMARTS) is 1. The summed E-state index contributed by atoms with van der Waals surface area (Å²) >= 11 is 0. The Morgan fingerprint density at radius 2 is 2.07 bits per heavy atom. The quantitative estimate of drug-likeness (QED) is 0.662. The summed E-state index contributed by atoms with van der Waals surface area (Å²) in [6.07, 6.45) is -3.02. The average molecular weight is 203 g/mol. The van der Waals surface area contributed by atoms with E-state index in [1.165, 1.54) is 0 Å². The number of carboxylic acids is 1. The van der Waals surface area contributed by atoms with Gasteiger partial charge in [-0.1, -0.05) is 0 Å². The number of rotatable bonds is 2. The van der Waals surface area contributed by atoms with Crippen LogP contribution >= 0.6 is 0 Å². The Hall–Kier alpha value is -1.92. The maximum atomic E-state index is 12.3. The first-order chi connectivity index (χ1) is 6.43. The summed E-state index contributed by atoms with van der Waals surface area (Å²) in [5.41, 5.74) is 8.45. The first-order valence-electron chi connectivity index (χ1n) is 3.50. The van der Waals surface area contributed by atoms with E-state index in [4.69, 9.17) is 16.6 Å². The lowest BCUT2D eigenvalue weighted by atomic mass is 10.1. The van der Waals surface area contributed by atoms with E-state index < -0.39 is 23.7 Å². The van der Waals surface area contributed by atoms with Gasteiger partial charge in [0, 0.05) is 6.07 Å². The van der Waals surface area contributed by atoms with Crippen LogP contribution in [-0.2, 0) is 0 Å². The number of nitrogens with two attached hydrogens (primary N) is 2. The van der Waals surface area contributed by atoms with Gasteiger partial charge in [-0.2, -0.15) is 0 Å². The third-order valence-corrected chi connectivity index (χ3v) is 1.52. The Bertz CT molecular complexity index is 381. The monoisotopic (exact) mass is 203 g/mol. The fourth-order valence-corrected chi connectivity index (χ4v) is 0.998. The van der Waals surface area contributed by atoms with Gasteiger partial charge in [0.1, 0.15) is 17.1 Å². The lowest BCUT2D eigenvalue weighted by molar-refractivity contribution is 0.0684. The predicted octanol–water partition coefficient (Wildman–Crippen LogP) is 0.882. The van der Waals surface area contributed by atoms with Crippen LogP contribution in [-0.4, -0.2) is 16.1 Å². The van der Waals surface area contributed by atoms with Crippen LogP contribution in [0.25, 0.3) is 0 Å². The first kappa shape index (κ1) is 10.2. The number of anilines is 2. The Kier molecular flexibility index (Phi) is 2.50. The van der Waals surface area contributed by atoms with Crippen molar-refractivity contribution in [1.29, 1.82) is 0 Å². The van der Waals surface area contributed by atoms with Crippen LogP contribution in [0.4, 0.5) is 20.3 Å². The van der Waals surface area contributed by atoms with E-state index in [0.717, 1.165) is 6.07 Å². The second-order valence-corrected chi connectivity index (χ2v) is 2.50. The lowest BCUT2D eigenvalue weighted by Crippen LogP contribution is -2.11. The third-order valence-electron chi connectivity index (χ3n) is 1.52. The maximum absolute atomic E-state index is 12.3. The van der Waals surface area contributed by atoms with Gasteiger partial charge in [0.15, 0.2) is 0 Å². The van der Waals surface area contributed by atoms with Gasteiger partial charge in [-0.25, -0.2) is 18.6 Å². The molecule has 5 N–H and O–H groups in total. The molecule has 0 saturated carbocycles. The van der Waals surface area contributed by atoms with Crippen LogP contribution in [0.1, 0.15) is 22.5 Å².